The lowest BCUT2D eigenvalue weighted by Gasteiger charge is -2.07. The third kappa shape index (κ3) is 4.13. The van der Waals surface area contributed by atoms with Crippen molar-refractivity contribution in [3.63, 3.8) is 0 Å². The van der Waals surface area contributed by atoms with Crippen LogP contribution >= 0.6 is 11.3 Å². The van der Waals surface area contributed by atoms with E-state index in [4.69, 9.17) is 9.47 Å². The van der Waals surface area contributed by atoms with Crippen LogP contribution in [0, 0.1) is 13.8 Å². The summed E-state index contributed by atoms with van der Waals surface area (Å²) >= 11 is 1.22. The smallest absolute Gasteiger partial charge is 0.344 e. The van der Waals surface area contributed by atoms with Crippen molar-refractivity contribution in [2.45, 2.75) is 13.8 Å². The van der Waals surface area contributed by atoms with E-state index in [1.165, 1.54) is 36.8 Å². The fourth-order valence-corrected chi connectivity index (χ4v) is 3.08. The summed E-state index contributed by atoms with van der Waals surface area (Å²) < 4.78 is 9.54. The first-order valence-electron chi connectivity index (χ1n) is 7.18. The summed E-state index contributed by atoms with van der Waals surface area (Å²) in [7, 11) is 1.25. The van der Waals surface area contributed by atoms with Crippen molar-refractivity contribution in [2.24, 2.45) is 0 Å². The molecule has 0 saturated heterocycles. The molecule has 0 aromatic carbocycles. The number of amides is 1. The second kappa shape index (κ2) is 7.75. The Morgan fingerprint density at radius 1 is 1.24 bits per heavy atom. The molecule has 0 aliphatic rings. The second-order valence-corrected chi connectivity index (χ2v) is 6.24. The summed E-state index contributed by atoms with van der Waals surface area (Å²) in [6.45, 7) is 2.96. The lowest BCUT2D eigenvalue weighted by molar-refractivity contribution is -0.119. The van der Waals surface area contributed by atoms with Gasteiger partial charge in [-0.2, -0.15) is 0 Å². The SMILES string of the molecule is COC(=O)c1c(NC(=O)COC(=O)c2ccc[nH]c2=O)sc(C)c1C. The summed E-state index contributed by atoms with van der Waals surface area (Å²) in [6, 6.07) is 2.76. The van der Waals surface area contributed by atoms with Gasteiger partial charge in [0.2, 0.25) is 0 Å². The molecular formula is C16H16N2O6S. The number of carbonyl (C=O) groups is 3. The highest BCUT2D eigenvalue weighted by molar-refractivity contribution is 7.16. The van der Waals surface area contributed by atoms with Crippen molar-refractivity contribution < 1.29 is 23.9 Å². The fourth-order valence-electron chi connectivity index (χ4n) is 2.02. The zero-order valence-corrected chi connectivity index (χ0v) is 14.6. The van der Waals surface area contributed by atoms with Gasteiger partial charge in [-0.1, -0.05) is 0 Å². The molecule has 8 nitrogen and oxygen atoms in total. The second-order valence-electron chi connectivity index (χ2n) is 5.02. The first-order chi connectivity index (χ1) is 11.8. The number of ether oxygens (including phenoxy) is 2. The Morgan fingerprint density at radius 3 is 2.60 bits per heavy atom. The van der Waals surface area contributed by atoms with E-state index in [2.05, 4.69) is 10.3 Å². The van der Waals surface area contributed by atoms with E-state index in [9.17, 15) is 19.2 Å². The van der Waals surface area contributed by atoms with Crippen LogP contribution in [0.2, 0.25) is 0 Å². The molecule has 9 heteroatoms. The third-order valence-electron chi connectivity index (χ3n) is 3.40. The Hall–Kier alpha value is -2.94. The van der Waals surface area contributed by atoms with Gasteiger partial charge in [-0.25, -0.2) is 9.59 Å². The fraction of sp³-hybridized carbons (Fsp3) is 0.250. The number of esters is 2. The maximum atomic E-state index is 12.0. The molecule has 0 unspecified atom stereocenters. The summed E-state index contributed by atoms with van der Waals surface area (Å²) in [6.07, 6.45) is 1.38. The Labute approximate surface area is 146 Å². The van der Waals surface area contributed by atoms with Gasteiger partial charge in [0, 0.05) is 11.1 Å². The van der Waals surface area contributed by atoms with Gasteiger partial charge < -0.3 is 19.8 Å². The first kappa shape index (κ1) is 18.4. The molecule has 0 bridgehead atoms. The summed E-state index contributed by atoms with van der Waals surface area (Å²) in [5.41, 5.74) is 0.169. The zero-order valence-electron chi connectivity index (χ0n) is 13.8. The van der Waals surface area contributed by atoms with Gasteiger partial charge in [0.05, 0.1) is 12.7 Å². The number of rotatable bonds is 5. The molecular weight excluding hydrogens is 348 g/mol. The van der Waals surface area contributed by atoms with Crippen LogP contribution in [0.1, 0.15) is 31.2 Å². The Balaban J connectivity index is 2.05. The third-order valence-corrected chi connectivity index (χ3v) is 4.52. The molecule has 2 aromatic rings. The van der Waals surface area contributed by atoms with Crippen molar-refractivity contribution in [2.75, 3.05) is 19.0 Å². The highest BCUT2D eigenvalue weighted by Crippen LogP contribution is 2.32. The Bertz CT molecular complexity index is 883. The summed E-state index contributed by atoms with van der Waals surface area (Å²) in [5, 5.41) is 2.84. The quantitative estimate of drug-likeness (QED) is 0.780. The van der Waals surface area contributed by atoms with E-state index in [1.807, 2.05) is 6.92 Å². The van der Waals surface area contributed by atoms with E-state index in [1.54, 1.807) is 6.92 Å². The Morgan fingerprint density at radius 2 is 1.96 bits per heavy atom. The first-order valence-corrected chi connectivity index (χ1v) is 7.99. The van der Waals surface area contributed by atoms with E-state index in [0.717, 1.165) is 4.88 Å². The molecule has 0 aliphatic carbocycles. The van der Waals surface area contributed by atoms with Crippen LogP contribution in [-0.2, 0) is 14.3 Å². The number of carbonyl (C=O) groups excluding carboxylic acids is 3. The predicted octanol–water partition coefficient (Wildman–Crippen LogP) is 1.64. The molecule has 2 heterocycles. The molecule has 0 aliphatic heterocycles. The number of pyridine rings is 1. The van der Waals surface area contributed by atoms with E-state index < -0.39 is 30.0 Å². The van der Waals surface area contributed by atoms with Crippen molar-refractivity contribution >= 4 is 34.2 Å². The minimum Gasteiger partial charge on any atom is -0.465 e. The Kier molecular flexibility index (Phi) is 5.71. The zero-order chi connectivity index (χ0) is 18.6. The van der Waals surface area contributed by atoms with Crippen LogP contribution in [0.25, 0.3) is 0 Å². The standard InChI is InChI=1S/C16H16N2O6S/c1-8-9(2)25-14(12(8)16(22)23-3)18-11(19)7-24-15(21)10-5-4-6-17-13(10)20/h4-6H,7H2,1-3H3,(H,17,20)(H,18,19). The van der Waals surface area contributed by atoms with Gasteiger partial charge in [0.1, 0.15) is 10.6 Å². The minimum atomic E-state index is -0.913. The molecule has 1 amide bonds. The highest BCUT2D eigenvalue weighted by Gasteiger charge is 2.22. The largest absolute Gasteiger partial charge is 0.465 e. The van der Waals surface area contributed by atoms with Crippen LogP contribution in [0.5, 0.6) is 0 Å². The number of methoxy groups -OCH3 is 1. The molecule has 0 fully saturated rings. The van der Waals surface area contributed by atoms with Crippen molar-refractivity contribution in [1.29, 1.82) is 0 Å². The topological polar surface area (TPSA) is 115 Å². The molecule has 25 heavy (non-hydrogen) atoms. The summed E-state index contributed by atoms with van der Waals surface area (Å²) in [5.74, 6) is -2.11. The average Bonchev–Trinajstić information content (AvgIpc) is 2.86. The lowest BCUT2D eigenvalue weighted by Crippen LogP contribution is -2.24. The maximum absolute atomic E-state index is 12.0. The molecule has 0 radical (unpaired) electrons. The number of thiophene rings is 1. The van der Waals surface area contributed by atoms with Gasteiger partial charge in [-0.05, 0) is 31.5 Å². The van der Waals surface area contributed by atoms with Crippen LogP contribution in [0.4, 0.5) is 5.00 Å². The number of hydrogen-bond donors (Lipinski definition) is 2. The van der Waals surface area contributed by atoms with Crippen LogP contribution < -0.4 is 10.9 Å². The molecule has 0 atom stereocenters. The number of aryl methyl sites for hydroxylation is 1. The molecule has 2 rings (SSSR count). The normalized spacial score (nSPS) is 10.2. The minimum absolute atomic E-state index is 0.201. The van der Waals surface area contributed by atoms with Crippen LogP contribution in [-0.4, -0.2) is 36.5 Å². The van der Waals surface area contributed by atoms with Crippen molar-refractivity contribution in [3.05, 3.63) is 50.3 Å². The number of hydrogen-bond acceptors (Lipinski definition) is 7. The highest BCUT2D eigenvalue weighted by atomic mass is 32.1. The van der Waals surface area contributed by atoms with Crippen LogP contribution in [0.3, 0.4) is 0 Å². The van der Waals surface area contributed by atoms with Gasteiger partial charge >= 0.3 is 11.9 Å². The number of anilines is 1. The molecule has 132 valence electrons. The average molecular weight is 364 g/mol. The number of aromatic nitrogens is 1. The lowest BCUT2D eigenvalue weighted by atomic mass is 10.1. The van der Waals surface area contributed by atoms with Crippen molar-refractivity contribution in [1.82, 2.24) is 4.98 Å². The number of H-pyrrole nitrogens is 1. The van der Waals surface area contributed by atoms with E-state index in [-0.39, 0.29) is 11.1 Å². The van der Waals surface area contributed by atoms with E-state index >= 15 is 0 Å². The number of nitrogens with one attached hydrogen (secondary N) is 2. The number of aromatic amines is 1. The predicted molar refractivity (Wildman–Crippen MR) is 91.1 cm³/mol. The van der Waals surface area contributed by atoms with Gasteiger partial charge in [0.25, 0.3) is 11.5 Å². The monoisotopic (exact) mass is 364 g/mol. The molecule has 2 N–H and O–H groups in total. The van der Waals surface area contributed by atoms with Gasteiger partial charge in [-0.15, -0.1) is 11.3 Å². The maximum Gasteiger partial charge on any atom is 0.344 e. The van der Waals surface area contributed by atoms with Crippen LogP contribution in [0.15, 0.2) is 23.1 Å². The van der Waals surface area contributed by atoms with Gasteiger partial charge in [0.15, 0.2) is 6.61 Å². The van der Waals surface area contributed by atoms with Gasteiger partial charge in [-0.3, -0.25) is 9.59 Å². The van der Waals surface area contributed by atoms with E-state index in [0.29, 0.717) is 10.6 Å². The molecule has 0 spiro atoms. The van der Waals surface area contributed by atoms with Crippen molar-refractivity contribution in [3.8, 4) is 0 Å². The molecule has 0 saturated carbocycles. The molecule has 2 aromatic heterocycles. The summed E-state index contributed by atoms with van der Waals surface area (Å²) in [4.78, 5) is 50.3.